The van der Waals surface area contributed by atoms with E-state index in [0.717, 1.165) is 61.6 Å². The Kier molecular flexibility index (Phi) is 4.41. The molecule has 2 aliphatic rings. The predicted octanol–water partition coefficient (Wildman–Crippen LogP) is 3.60. The van der Waals surface area contributed by atoms with Crippen molar-refractivity contribution >= 4 is 28.3 Å². The minimum atomic E-state index is -0.124. The van der Waals surface area contributed by atoms with Gasteiger partial charge < -0.3 is 15.0 Å². The molecule has 0 spiro atoms. The number of fused-ring (bicyclic) bond motifs is 1. The summed E-state index contributed by atoms with van der Waals surface area (Å²) in [5, 5.41) is 3.87. The number of hydrogen-bond acceptors (Lipinski definition) is 5. The third kappa shape index (κ3) is 3.43. The van der Waals surface area contributed by atoms with E-state index in [0.29, 0.717) is 17.2 Å². The van der Waals surface area contributed by atoms with Gasteiger partial charge in [0.15, 0.2) is 0 Å². The Balaban J connectivity index is 1.39. The highest BCUT2D eigenvalue weighted by molar-refractivity contribution is 6.12. The van der Waals surface area contributed by atoms with Gasteiger partial charge in [-0.3, -0.25) is 9.78 Å². The number of anilines is 2. The highest BCUT2D eigenvalue weighted by Gasteiger charge is 2.27. The van der Waals surface area contributed by atoms with Crippen molar-refractivity contribution < 1.29 is 9.53 Å². The van der Waals surface area contributed by atoms with Crippen LogP contribution in [0.1, 0.15) is 34.8 Å². The average molecular weight is 374 g/mol. The van der Waals surface area contributed by atoms with E-state index in [4.69, 9.17) is 9.72 Å². The minimum Gasteiger partial charge on any atom is -0.378 e. The van der Waals surface area contributed by atoms with Gasteiger partial charge in [0.25, 0.3) is 5.91 Å². The van der Waals surface area contributed by atoms with E-state index in [1.165, 1.54) is 0 Å². The van der Waals surface area contributed by atoms with Gasteiger partial charge in [-0.25, -0.2) is 4.98 Å². The van der Waals surface area contributed by atoms with Crippen molar-refractivity contribution in [2.45, 2.75) is 18.8 Å². The predicted molar refractivity (Wildman–Crippen MR) is 109 cm³/mol. The SMILES string of the molecule is O=C(Nc1ccc(N2CCOCC2)nc1)c1cc(C2CC2)nc2ccccc12. The Hall–Kier alpha value is -2.99. The van der Waals surface area contributed by atoms with E-state index in [2.05, 4.69) is 15.2 Å². The zero-order chi connectivity index (χ0) is 18.9. The molecule has 1 saturated carbocycles. The molecule has 0 radical (unpaired) electrons. The van der Waals surface area contributed by atoms with Crippen LogP contribution in [0, 0.1) is 0 Å². The highest BCUT2D eigenvalue weighted by atomic mass is 16.5. The number of ether oxygens (including phenoxy) is 1. The van der Waals surface area contributed by atoms with Crippen LogP contribution in [0.5, 0.6) is 0 Å². The Bertz CT molecular complexity index is 1010. The number of benzene rings is 1. The first-order valence-corrected chi connectivity index (χ1v) is 9.78. The van der Waals surface area contributed by atoms with Gasteiger partial charge in [-0.1, -0.05) is 18.2 Å². The standard InChI is InChI=1S/C22H22N4O2/c27-22(24-16-7-8-21(23-14-16)26-9-11-28-12-10-26)18-13-20(15-5-6-15)25-19-4-2-1-3-17(18)19/h1-4,7-8,13-15H,5-6,9-12H2,(H,24,27). The Morgan fingerprint density at radius 3 is 2.68 bits per heavy atom. The number of hydrogen-bond donors (Lipinski definition) is 1. The quantitative estimate of drug-likeness (QED) is 0.756. The third-order valence-electron chi connectivity index (χ3n) is 5.32. The van der Waals surface area contributed by atoms with Gasteiger partial charge >= 0.3 is 0 Å². The summed E-state index contributed by atoms with van der Waals surface area (Å²) in [4.78, 5) is 24.5. The lowest BCUT2D eigenvalue weighted by Crippen LogP contribution is -2.36. The molecular weight excluding hydrogens is 352 g/mol. The zero-order valence-corrected chi connectivity index (χ0v) is 15.6. The molecule has 1 saturated heterocycles. The van der Waals surface area contributed by atoms with Crippen LogP contribution >= 0.6 is 0 Å². The van der Waals surface area contributed by atoms with Crippen LogP contribution in [0.2, 0.25) is 0 Å². The molecule has 5 rings (SSSR count). The van der Waals surface area contributed by atoms with Crippen molar-refractivity contribution in [3.63, 3.8) is 0 Å². The molecule has 142 valence electrons. The number of pyridine rings is 2. The van der Waals surface area contributed by atoms with Gasteiger partial charge in [-0.05, 0) is 37.1 Å². The monoisotopic (exact) mass is 374 g/mol. The Morgan fingerprint density at radius 2 is 1.93 bits per heavy atom. The van der Waals surface area contributed by atoms with Crippen LogP contribution in [-0.4, -0.2) is 42.2 Å². The average Bonchev–Trinajstić information content (AvgIpc) is 3.59. The summed E-state index contributed by atoms with van der Waals surface area (Å²) in [6.07, 6.45) is 4.02. The molecule has 0 unspecified atom stereocenters. The first kappa shape index (κ1) is 17.1. The van der Waals surface area contributed by atoms with Crippen LogP contribution in [0.15, 0.2) is 48.7 Å². The second-order valence-electron chi connectivity index (χ2n) is 7.34. The van der Waals surface area contributed by atoms with Crippen LogP contribution in [-0.2, 0) is 4.74 Å². The summed E-state index contributed by atoms with van der Waals surface area (Å²) >= 11 is 0. The fraction of sp³-hybridized carbons (Fsp3) is 0.318. The van der Waals surface area contributed by atoms with E-state index in [9.17, 15) is 4.79 Å². The molecule has 3 heterocycles. The summed E-state index contributed by atoms with van der Waals surface area (Å²) < 4.78 is 5.38. The van der Waals surface area contributed by atoms with Crippen molar-refractivity contribution in [1.82, 2.24) is 9.97 Å². The van der Waals surface area contributed by atoms with Gasteiger partial charge in [0.1, 0.15) is 5.82 Å². The number of amides is 1. The van der Waals surface area contributed by atoms with E-state index in [-0.39, 0.29) is 5.91 Å². The largest absolute Gasteiger partial charge is 0.378 e. The lowest BCUT2D eigenvalue weighted by Gasteiger charge is -2.27. The number of carbonyl (C=O) groups is 1. The summed E-state index contributed by atoms with van der Waals surface area (Å²) in [5.74, 6) is 1.28. The molecule has 3 aromatic rings. The summed E-state index contributed by atoms with van der Waals surface area (Å²) in [6, 6.07) is 13.6. The Labute approximate surface area is 163 Å². The van der Waals surface area contributed by atoms with Gasteiger partial charge in [0, 0.05) is 30.1 Å². The molecule has 0 atom stereocenters. The second-order valence-corrected chi connectivity index (χ2v) is 7.34. The number of nitrogens with zero attached hydrogens (tertiary/aromatic N) is 3. The maximum absolute atomic E-state index is 13.0. The smallest absolute Gasteiger partial charge is 0.256 e. The van der Waals surface area contributed by atoms with Gasteiger partial charge in [-0.15, -0.1) is 0 Å². The van der Waals surface area contributed by atoms with Gasteiger partial charge in [0.2, 0.25) is 0 Å². The van der Waals surface area contributed by atoms with E-state index < -0.39 is 0 Å². The maximum atomic E-state index is 13.0. The van der Waals surface area contributed by atoms with Crippen LogP contribution in [0.3, 0.4) is 0 Å². The maximum Gasteiger partial charge on any atom is 0.256 e. The second kappa shape index (κ2) is 7.20. The van der Waals surface area contributed by atoms with Gasteiger partial charge in [0.05, 0.1) is 36.2 Å². The number of para-hydroxylation sites is 1. The molecule has 1 N–H and O–H groups in total. The molecule has 28 heavy (non-hydrogen) atoms. The lowest BCUT2D eigenvalue weighted by atomic mass is 10.1. The number of nitrogens with one attached hydrogen (secondary N) is 1. The molecule has 1 aliphatic carbocycles. The zero-order valence-electron chi connectivity index (χ0n) is 15.6. The molecule has 6 nitrogen and oxygen atoms in total. The van der Waals surface area contributed by atoms with E-state index in [1.54, 1.807) is 6.20 Å². The van der Waals surface area contributed by atoms with E-state index >= 15 is 0 Å². The van der Waals surface area contributed by atoms with Gasteiger partial charge in [-0.2, -0.15) is 0 Å². The number of morpholine rings is 1. The van der Waals surface area contributed by atoms with Crippen LogP contribution in [0.25, 0.3) is 10.9 Å². The fourth-order valence-electron chi connectivity index (χ4n) is 3.61. The number of rotatable bonds is 4. The van der Waals surface area contributed by atoms with Crippen molar-refractivity contribution in [2.24, 2.45) is 0 Å². The number of aromatic nitrogens is 2. The fourth-order valence-corrected chi connectivity index (χ4v) is 3.61. The normalized spacial score (nSPS) is 16.9. The number of carbonyl (C=O) groups excluding carboxylic acids is 1. The molecule has 1 amide bonds. The molecule has 2 fully saturated rings. The molecule has 6 heteroatoms. The van der Waals surface area contributed by atoms with Crippen molar-refractivity contribution in [3.8, 4) is 0 Å². The van der Waals surface area contributed by atoms with Crippen LogP contribution in [0.4, 0.5) is 11.5 Å². The summed E-state index contributed by atoms with van der Waals surface area (Å²) in [6.45, 7) is 3.12. The molecule has 1 aliphatic heterocycles. The molecular formula is C22H22N4O2. The van der Waals surface area contributed by atoms with Crippen molar-refractivity contribution in [1.29, 1.82) is 0 Å². The molecule has 2 aromatic heterocycles. The molecule has 0 bridgehead atoms. The summed E-state index contributed by atoms with van der Waals surface area (Å²) in [5.41, 5.74) is 3.25. The highest BCUT2D eigenvalue weighted by Crippen LogP contribution is 2.40. The molecule has 1 aromatic carbocycles. The van der Waals surface area contributed by atoms with E-state index in [1.807, 2.05) is 42.5 Å². The lowest BCUT2D eigenvalue weighted by molar-refractivity contribution is 0.102. The Morgan fingerprint density at radius 1 is 1.11 bits per heavy atom. The van der Waals surface area contributed by atoms with Crippen molar-refractivity contribution in [2.75, 3.05) is 36.5 Å². The minimum absolute atomic E-state index is 0.124. The topological polar surface area (TPSA) is 67.4 Å². The third-order valence-corrected chi connectivity index (χ3v) is 5.32. The summed E-state index contributed by atoms with van der Waals surface area (Å²) in [7, 11) is 0. The van der Waals surface area contributed by atoms with Crippen molar-refractivity contribution in [3.05, 3.63) is 59.9 Å². The van der Waals surface area contributed by atoms with Crippen LogP contribution < -0.4 is 10.2 Å². The first-order chi connectivity index (χ1) is 13.8. The first-order valence-electron chi connectivity index (χ1n) is 9.78.